The van der Waals surface area contributed by atoms with Gasteiger partial charge in [0, 0.05) is 28.6 Å². The smallest absolute Gasteiger partial charge is 0.303 e. The molecule has 8 heteroatoms. The van der Waals surface area contributed by atoms with Gasteiger partial charge >= 0.3 is 5.97 Å². The number of benzene rings is 3. The van der Waals surface area contributed by atoms with Crippen LogP contribution in [0, 0.1) is 5.92 Å². The fourth-order valence-corrected chi connectivity index (χ4v) is 6.13. The quantitative estimate of drug-likeness (QED) is 0.325. The molecule has 1 fully saturated rings. The zero-order chi connectivity index (χ0) is 29.5. The minimum atomic E-state index is -1.06. The number of Topliss-reactive ketones (excluding diaryl/α,β-unsaturated/α-hetero) is 1. The predicted octanol–water partition coefficient (Wildman–Crippen LogP) is 8.08. The number of hydrogen-bond acceptors (Lipinski definition) is 4. The van der Waals surface area contributed by atoms with Crippen molar-refractivity contribution < 1.29 is 19.5 Å². The summed E-state index contributed by atoms with van der Waals surface area (Å²) in [5.74, 6) is -2.25. The number of fused-ring (bicyclic) bond motifs is 2. The molecule has 1 amide bonds. The minimum absolute atomic E-state index is 0.0187. The van der Waals surface area contributed by atoms with Gasteiger partial charge in [0.2, 0.25) is 5.91 Å². The van der Waals surface area contributed by atoms with Crippen LogP contribution in [0.4, 0.5) is 11.4 Å². The summed E-state index contributed by atoms with van der Waals surface area (Å²) in [7, 11) is 0. The molecule has 5 rings (SSSR count). The lowest BCUT2D eigenvalue weighted by Gasteiger charge is -2.39. The molecule has 1 aliphatic carbocycles. The van der Waals surface area contributed by atoms with E-state index in [0.29, 0.717) is 33.6 Å². The second kappa shape index (κ2) is 11.4. The zero-order valence-electron chi connectivity index (χ0n) is 23.2. The number of rotatable bonds is 5. The fourth-order valence-electron chi connectivity index (χ4n) is 5.84. The molecule has 0 bridgehead atoms. The van der Waals surface area contributed by atoms with Gasteiger partial charge in [-0.3, -0.25) is 19.4 Å². The lowest BCUT2D eigenvalue weighted by Crippen LogP contribution is -2.45. The van der Waals surface area contributed by atoms with Crippen molar-refractivity contribution in [2.24, 2.45) is 10.9 Å². The second-order valence-corrected chi connectivity index (χ2v) is 12.7. The van der Waals surface area contributed by atoms with Crippen LogP contribution >= 0.6 is 23.2 Å². The molecular weight excluding hydrogens is 559 g/mol. The highest BCUT2D eigenvalue weighted by Gasteiger charge is 2.46. The second-order valence-electron chi connectivity index (χ2n) is 11.8. The maximum Gasteiger partial charge on any atom is 0.303 e. The summed E-state index contributed by atoms with van der Waals surface area (Å²) in [6.07, 6.45) is 0.282. The summed E-state index contributed by atoms with van der Waals surface area (Å²) in [5, 5.41) is 10.4. The Morgan fingerprint density at radius 3 is 2.17 bits per heavy atom. The van der Waals surface area contributed by atoms with Crippen LogP contribution in [0.2, 0.25) is 10.0 Å². The van der Waals surface area contributed by atoms with Gasteiger partial charge in [-0.25, -0.2) is 0 Å². The highest BCUT2D eigenvalue weighted by Crippen LogP contribution is 2.48. The van der Waals surface area contributed by atoms with Gasteiger partial charge in [0.1, 0.15) is 5.78 Å². The van der Waals surface area contributed by atoms with Crippen molar-refractivity contribution in [3.8, 4) is 0 Å². The lowest BCUT2D eigenvalue weighted by molar-refractivity contribution is -0.138. The number of halogens is 2. The highest BCUT2D eigenvalue weighted by atomic mass is 35.5. The molecule has 1 heterocycles. The van der Waals surface area contributed by atoms with Gasteiger partial charge < -0.3 is 10.0 Å². The van der Waals surface area contributed by atoms with Crippen LogP contribution in [0.3, 0.4) is 0 Å². The third-order valence-corrected chi connectivity index (χ3v) is 8.43. The molecular formula is C33H32Cl2N2O4. The Hall–Kier alpha value is -3.48. The first-order valence-corrected chi connectivity index (χ1v) is 14.5. The summed E-state index contributed by atoms with van der Waals surface area (Å²) >= 11 is 12.5. The largest absolute Gasteiger partial charge is 0.481 e. The average molecular weight is 592 g/mol. The van der Waals surface area contributed by atoms with E-state index in [2.05, 4.69) is 20.8 Å². The summed E-state index contributed by atoms with van der Waals surface area (Å²) in [6, 6.07) is 19.9. The fraction of sp³-hybridized carbons (Fsp3) is 0.333. The number of carbonyl (C=O) groups is 3. The van der Waals surface area contributed by atoms with E-state index in [9.17, 15) is 19.5 Å². The molecule has 0 saturated heterocycles. The van der Waals surface area contributed by atoms with Crippen LogP contribution in [-0.4, -0.2) is 28.5 Å². The number of hydrogen-bond donors (Lipinski definition) is 1. The molecule has 1 aliphatic heterocycles. The third kappa shape index (κ3) is 6.09. The Bertz CT molecular complexity index is 1520. The number of aliphatic imine (C=N–C) groups is 1. The Labute approximate surface area is 250 Å². The number of carbonyl (C=O) groups excluding carboxylic acids is 2. The summed E-state index contributed by atoms with van der Waals surface area (Å²) in [4.78, 5) is 46.0. The first kappa shape index (κ1) is 29.0. The van der Waals surface area contributed by atoms with Gasteiger partial charge in [0.05, 0.1) is 29.8 Å². The Balaban J connectivity index is 1.67. The van der Waals surface area contributed by atoms with Crippen molar-refractivity contribution in [1.82, 2.24) is 0 Å². The summed E-state index contributed by atoms with van der Waals surface area (Å²) in [6.45, 7) is 6.38. The standard InChI is InChI=1S/C33H32Cl2N2O4/c1-33(2,3)22-8-4-20(5-9-22)32-31-26(16-21(17-28(31)38)19-6-10-23(34)11-7-19)36-25-18-24(35)12-13-27(25)37(32)29(39)14-15-30(40)41/h4-13,18,21,31-32H,14-17H2,1-3H3,(H,40,41)/t21-,31-,32+/m0/s1. The summed E-state index contributed by atoms with van der Waals surface area (Å²) < 4.78 is 0. The Morgan fingerprint density at radius 2 is 1.54 bits per heavy atom. The lowest BCUT2D eigenvalue weighted by atomic mass is 9.71. The van der Waals surface area contributed by atoms with E-state index in [-0.39, 0.29) is 42.3 Å². The topological polar surface area (TPSA) is 87.0 Å². The van der Waals surface area contributed by atoms with Crippen molar-refractivity contribution in [2.45, 2.75) is 63.8 Å². The first-order valence-electron chi connectivity index (χ1n) is 13.7. The summed E-state index contributed by atoms with van der Waals surface area (Å²) in [5.41, 5.74) is 4.51. The van der Waals surface area contributed by atoms with Crippen LogP contribution in [0.15, 0.2) is 71.7 Å². The van der Waals surface area contributed by atoms with Crippen LogP contribution in [0.25, 0.3) is 0 Å². The maximum atomic E-state index is 14.1. The zero-order valence-corrected chi connectivity index (χ0v) is 24.7. The van der Waals surface area contributed by atoms with Gasteiger partial charge in [-0.05, 0) is 64.8 Å². The average Bonchev–Trinajstić information content (AvgIpc) is 3.06. The molecule has 0 aromatic heterocycles. The normalized spacial score (nSPS) is 20.5. The first-order chi connectivity index (χ1) is 19.4. The van der Waals surface area contributed by atoms with Crippen LogP contribution < -0.4 is 4.90 Å². The predicted molar refractivity (Wildman–Crippen MR) is 163 cm³/mol. The molecule has 3 atom stereocenters. The van der Waals surface area contributed by atoms with Crippen molar-refractivity contribution >= 4 is 57.9 Å². The monoisotopic (exact) mass is 590 g/mol. The molecule has 0 radical (unpaired) electrons. The van der Waals surface area contributed by atoms with E-state index < -0.39 is 17.9 Å². The van der Waals surface area contributed by atoms with E-state index in [1.165, 1.54) is 0 Å². The Kier molecular flexibility index (Phi) is 8.09. The van der Waals surface area contributed by atoms with Gasteiger partial charge in [0.25, 0.3) is 0 Å². The molecule has 6 nitrogen and oxygen atoms in total. The van der Waals surface area contributed by atoms with E-state index in [4.69, 9.17) is 28.2 Å². The number of nitrogens with zero attached hydrogens (tertiary/aromatic N) is 2. The van der Waals surface area contributed by atoms with Crippen LogP contribution in [-0.2, 0) is 19.8 Å². The SMILES string of the molecule is CC(C)(C)c1ccc([C@@H]2[C@@H]3C(=O)C[C@@H](c4ccc(Cl)cc4)CC3=Nc3cc(Cl)ccc3N2C(=O)CCC(=O)O)cc1. The molecule has 1 saturated carbocycles. The number of amides is 1. The van der Waals surface area contributed by atoms with Gasteiger partial charge in [-0.2, -0.15) is 0 Å². The highest BCUT2D eigenvalue weighted by molar-refractivity contribution is 6.31. The van der Waals surface area contributed by atoms with Crippen molar-refractivity contribution in [2.75, 3.05) is 4.90 Å². The van der Waals surface area contributed by atoms with E-state index >= 15 is 0 Å². The molecule has 41 heavy (non-hydrogen) atoms. The van der Waals surface area contributed by atoms with Crippen molar-refractivity contribution in [3.05, 3.63) is 93.5 Å². The number of carboxylic acid groups (broad SMARTS) is 1. The molecule has 212 valence electrons. The third-order valence-electron chi connectivity index (χ3n) is 7.95. The van der Waals surface area contributed by atoms with E-state index in [1.807, 2.05) is 48.5 Å². The molecule has 3 aromatic rings. The van der Waals surface area contributed by atoms with Crippen LogP contribution in [0.5, 0.6) is 0 Å². The van der Waals surface area contributed by atoms with Gasteiger partial charge in [-0.1, -0.05) is 80.4 Å². The number of anilines is 1. The minimum Gasteiger partial charge on any atom is -0.481 e. The molecule has 1 N–H and O–H groups in total. The molecule has 0 unspecified atom stereocenters. The van der Waals surface area contributed by atoms with Crippen molar-refractivity contribution in [1.29, 1.82) is 0 Å². The van der Waals surface area contributed by atoms with E-state index in [1.54, 1.807) is 23.1 Å². The van der Waals surface area contributed by atoms with E-state index in [0.717, 1.165) is 16.7 Å². The molecule has 0 spiro atoms. The van der Waals surface area contributed by atoms with Gasteiger partial charge in [0.15, 0.2) is 0 Å². The molecule has 3 aromatic carbocycles. The van der Waals surface area contributed by atoms with Crippen molar-refractivity contribution in [3.63, 3.8) is 0 Å². The Morgan fingerprint density at radius 1 is 0.902 bits per heavy atom. The number of ketones is 1. The van der Waals surface area contributed by atoms with Crippen LogP contribution in [0.1, 0.15) is 75.1 Å². The molecule has 2 aliphatic rings. The number of carboxylic acids is 1. The number of aliphatic carboxylic acids is 1. The van der Waals surface area contributed by atoms with Gasteiger partial charge in [-0.15, -0.1) is 0 Å². The maximum absolute atomic E-state index is 14.1.